The topological polar surface area (TPSA) is 150 Å². The Hall–Kier alpha value is -2.82. The van der Waals surface area contributed by atoms with Gasteiger partial charge < -0.3 is 24.5 Å². The molecule has 0 spiro atoms. The van der Waals surface area contributed by atoms with E-state index in [0.717, 1.165) is 0 Å². The maximum atomic E-state index is 12.1. The molecule has 0 fully saturated rings. The van der Waals surface area contributed by atoms with Gasteiger partial charge in [0.1, 0.15) is 36.4 Å². The first-order valence-electron chi connectivity index (χ1n) is 10.1. The van der Waals surface area contributed by atoms with Crippen molar-refractivity contribution < 1.29 is 38.0 Å². The van der Waals surface area contributed by atoms with Crippen LogP contribution in [0.15, 0.2) is 52.7 Å². The molecule has 0 amide bonds. The van der Waals surface area contributed by atoms with Gasteiger partial charge in [0.25, 0.3) is 0 Å². The highest BCUT2D eigenvalue weighted by molar-refractivity contribution is 7.47. The Labute approximate surface area is 192 Å². The molecule has 0 radical (unpaired) electrons. The number of phosphoric ester groups is 1. The lowest BCUT2D eigenvalue weighted by atomic mass is 10.1. The van der Waals surface area contributed by atoms with Crippen molar-refractivity contribution in [3.8, 4) is 11.5 Å². The third-order valence-corrected chi connectivity index (χ3v) is 5.42. The van der Waals surface area contributed by atoms with Crippen molar-refractivity contribution in [2.24, 2.45) is 10.2 Å². The predicted molar refractivity (Wildman–Crippen MR) is 122 cm³/mol. The van der Waals surface area contributed by atoms with E-state index < -0.39 is 19.8 Å². The maximum Gasteiger partial charge on any atom is 0.527 e. The molecule has 0 aliphatic heterocycles. The van der Waals surface area contributed by atoms with Crippen LogP contribution in [0.4, 0.5) is 11.4 Å². The second-order valence-corrected chi connectivity index (χ2v) is 9.69. The second-order valence-electron chi connectivity index (χ2n) is 8.31. The Morgan fingerprint density at radius 2 is 1.82 bits per heavy atom. The molecule has 33 heavy (non-hydrogen) atoms. The number of nitrogens with zero attached hydrogens (tertiary/aromatic N) is 3. The molecule has 0 saturated heterocycles. The van der Waals surface area contributed by atoms with Gasteiger partial charge in [-0.25, -0.2) is 4.57 Å². The SMILES string of the molecule is CNC(Cc1ccc(O)c(N=Nc2ccc(OP(=O)(O)OCC[N+](C)(C)C)cc2)c1)C(=O)O. The highest BCUT2D eigenvalue weighted by Crippen LogP contribution is 2.44. The highest BCUT2D eigenvalue weighted by Gasteiger charge is 2.24. The van der Waals surface area contributed by atoms with Crippen LogP contribution in [0.2, 0.25) is 0 Å². The number of benzene rings is 2. The zero-order valence-corrected chi connectivity index (χ0v) is 19.9. The molecule has 2 unspecified atom stereocenters. The number of rotatable bonds is 12. The summed E-state index contributed by atoms with van der Waals surface area (Å²) in [5.41, 5.74) is 1.25. The number of carbonyl (C=O) groups is 1. The number of carboxylic acid groups (broad SMARTS) is 1. The van der Waals surface area contributed by atoms with E-state index in [9.17, 15) is 24.5 Å². The molecule has 0 heterocycles. The molecular formula is C21H30N4O7P+. The molecule has 2 atom stereocenters. The van der Waals surface area contributed by atoms with E-state index >= 15 is 0 Å². The Kier molecular flexibility index (Phi) is 9.09. The van der Waals surface area contributed by atoms with Crippen LogP contribution in [0.25, 0.3) is 0 Å². The second kappa shape index (κ2) is 11.4. The van der Waals surface area contributed by atoms with Crippen molar-refractivity contribution in [2.75, 3.05) is 41.3 Å². The molecule has 0 bridgehead atoms. The standard InChI is InChI=1S/C21H29N4O7P/c1-22-19(21(27)28)14-15-5-10-20(26)18(13-15)24-23-16-6-8-17(9-7-16)32-33(29,30)31-12-11-25(2,3)4/h5-10,13,19,22H,11-12,14H2,1-4H3,(H2-,23,26,27,28,29,30)/p+1. The lowest BCUT2D eigenvalue weighted by Gasteiger charge is -2.24. The third kappa shape index (κ3) is 9.29. The zero-order chi connectivity index (χ0) is 24.6. The average Bonchev–Trinajstić information content (AvgIpc) is 2.71. The quantitative estimate of drug-likeness (QED) is 0.205. The van der Waals surface area contributed by atoms with Crippen LogP contribution in [0.5, 0.6) is 11.5 Å². The number of phenolic OH excluding ortho intramolecular Hbond substituents is 1. The molecule has 11 nitrogen and oxygen atoms in total. The number of aliphatic carboxylic acids is 1. The summed E-state index contributed by atoms with van der Waals surface area (Å²) >= 11 is 0. The number of nitrogens with one attached hydrogen (secondary N) is 1. The Balaban J connectivity index is 2.03. The summed E-state index contributed by atoms with van der Waals surface area (Å²) in [6.07, 6.45) is 0.207. The average molecular weight is 481 g/mol. The van der Waals surface area contributed by atoms with E-state index in [-0.39, 0.29) is 30.2 Å². The number of likely N-dealkylation sites (N-methyl/N-ethyl adjacent to an activating group) is 2. The number of carboxylic acids is 1. The van der Waals surface area contributed by atoms with Gasteiger partial charge in [-0.05, 0) is 55.4 Å². The van der Waals surface area contributed by atoms with E-state index in [1.807, 2.05) is 21.1 Å². The molecule has 0 aliphatic rings. The number of aromatic hydroxyl groups is 1. The molecule has 4 N–H and O–H groups in total. The number of quaternary nitrogens is 1. The van der Waals surface area contributed by atoms with Crippen molar-refractivity contribution in [1.29, 1.82) is 0 Å². The molecule has 2 aromatic rings. The van der Waals surface area contributed by atoms with E-state index in [0.29, 0.717) is 22.3 Å². The van der Waals surface area contributed by atoms with Gasteiger partial charge in [-0.15, -0.1) is 5.11 Å². The van der Waals surface area contributed by atoms with Gasteiger partial charge in [0.2, 0.25) is 0 Å². The number of phosphoric acid groups is 1. The van der Waals surface area contributed by atoms with Crippen molar-refractivity contribution in [3.63, 3.8) is 0 Å². The molecule has 0 aromatic heterocycles. The summed E-state index contributed by atoms with van der Waals surface area (Å²) < 4.78 is 22.7. The highest BCUT2D eigenvalue weighted by atomic mass is 31.2. The van der Waals surface area contributed by atoms with Gasteiger partial charge in [0.05, 0.1) is 26.8 Å². The van der Waals surface area contributed by atoms with E-state index in [1.54, 1.807) is 19.2 Å². The van der Waals surface area contributed by atoms with E-state index in [2.05, 4.69) is 15.5 Å². The molecule has 0 saturated carbocycles. The van der Waals surface area contributed by atoms with Crippen LogP contribution < -0.4 is 9.84 Å². The van der Waals surface area contributed by atoms with Crippen LogP contribution in [0.3, 0.4) is 0 Å². The zero-order valence-electron chi connectivity index (χ0n) is 19.0. The van der Waals surface area contributed by atoms with Crippen molar-refractivity contribution in [1.82, 2.24) is 5.32 Å². The van der Waals surface area contributed by atoms with E-state index in [1.165, 1.54) is 30.3 Å². The van der Waals surface area contributed by atoms with Crippen LogP contribution in [0, 0.1) is 0 Å². The maximum absolute atomic E-state index is 12.1. The number of hydrogen-bond acceptors (Lipinski definition) is 8. The molecular weight excluding hydrogens is 451 g/mol. The molecule has 12 heteroatoms. The van der Waals surface area contributed by atoms with Gasteiger partial charge in [0, 0.05) is 0 Å². The van der Waals surface area contributed by atoms with Gasteiger partial charge in [-0.3, -0.25) is 14.2 Å². The third-order valence-electron chi connectivity index (χ3n) is 4.47. The van der Waals surface area contributed by atoms with Crippen molar-refractivity contribution in [3.05, 3.63) is 48.0 Å². The largest absolute Gasteiger partial charge is 0.527 e. The lowest BCUT2D eigenvalue weighted by molar-refractivity contribution is -0.870. The van der Waals surface area contributed by atoms with Crippen LogP contribution >= 0.6 is 7.82 Å². The molecule has 0 aliphatic carbocycles. The van der Waals surface area contributed by atoms with Gasteiger partial charge in [-0.2, -0.15) is 5.11 Å². The summed E-state index contributed by atoms with van der Waals surface area (Å²) in [6, 6.07) is 9.75. The van der Waals surface area contributed by atoms with Crippen molar-refractivity contribution >= 4 is 25.2 Å². The lowest BCUT2D eigenvalue weighted by Crippen LogP contribution is -2.37. The summed E-state index contributed by atoms with van der Waals surface area (Å²) in [6.45, 7) is 0.598. The Morgan fingerprint density at radius 3 is 2.39 bits per heavy atom. The summed E-state index contributed by atoms with van der Waals surface area (Å²) in [7, 11) is 3.11. The summed E-state index contributed by atoms with van der Waals surface area (Å²) in [5, 5.41) is 30.0. The van der Waals surface area contributed by atoms with Gasteiger partial charge in [-0.1, -0.05) is 6.07 Å². The first-order chi connectivity index (χ1) is 15.4. The summed E-state index contributed by atoms with van der Waals surface area (Å²) in [4.78, 5) is 21.0. The predicted octanol–water partition coefficient (Wildman–Crippen LogP) is 3.22. The van der Waals surface area contributed by atoms with Crippen molar-refractivity contribution in [2.45, 2.75) is 12.5 Å². The van der Waals surface area contributed by atoms with Gasteiger partial charge >= 0.3 is 13.8 Å². The van der Waals surface area contributed by atoms with E-state index in [4.69, 9.17) is 9.05 Å². The summed E-state index contributed by atoms with van der Waals surface area (Å²) in [5.74, 6) is -0.963. The number of phenols is 1. The molecule has 2 rings (SSSR count). The Bertz CT molecular complexity index is 1020. The first-order valence-corrected chi connectivity index (χ1v) is 11.6. The molecule has 180 valence electrons. The number of azo groups is 1. The fourth-order valence-corrected chi connectivity index (χ4v) is 3.35. The monoisotopic (exact) mass is 481 g/mol. The first kappa shape index (κ1) is 26.4. The fraction of sp³-hybridized carbons (Fsp3) is 0.381. The minimum absolute atomic E-state index is 0.0632. The van der Waals surface area contributed by atoms with Crippen LogP contribution in [0.1, 0.15) is 5.56 Å². The van der Waals surface area contributed by atoms with Crippen LogP contribution in [-0.2, 0) is 20.3 Å². The van der Waals surface area contributed by atoms with Crippen LogP contribution in [-0.4, -0.2) is 72.9 Å². The van der Waals surface area contributed by atoms with Gasteiger partial charge in [0.15, 0.2) is 0 Å². The molecule has 2 aromatic carbocycles. The smallest absolute Gasteiger partial charge is 0.506 e. The number of hydrogen-bond donors (Lipinski definition) is 4. The fourth-order valence-electron chi connectivity index (χ4n) is 2.60. The Morgan fingerprint density at radius 1 is 1.15 bits per heavy atom. The minimum Gasteiger partial charge on any atom is -0.506 e. The normalized spacial score (nSPS) is 14.7. The minimum atomic E-state index is -4.26.